The number of carbonyl (C=O) groups excluding carboxylic acids is 1. The maximum atomic E-state index is 12.8. The minimum absolute atomic E-state index is 0.175. The van der Waals surface area contributed by atoms with Gasteiger partial charge in [-0.2, -0.15) is 10.1 Å². The van der Waals surface area contributed by atoms with Gasteiger partial charge in [-0.15, -0.1) is 0 Å². The summed E-state index contributed by atoms with van der Waals surface area (Å²) < 4.78 is 7.58. The number of aromatic nitrogens is 3. The highest BCUT2D eigenvalue weighted by Crippen LogP contribution is 2.43. The van der Waals surface area contributed by atoms with Crippen LogP contribution in [0.15, 0.2) is 41.9 Å². The second-order valence-corrected chi connectivity index (χ2v) is 6.36. The van der Waals surface area contributed by atoms with E-state index in [1.54, 1.807) is 4.68 Å². The molecule has 0 bridgehead atoms. The predicted octanol–water partition coefficient (Wildman–Crippen LogP) is 2.94. The molecule has 1 aromatic carbocycles. The number of carbonyl (C=O) groups is 1. The zero-order chi connectivity index (χ0) is 16.7. The summed E-state index contributed by atoms with van der Waals surface area (Å²) >= 11 is 0. The molecule has 0 spiro atoms. The first-order valence-electron chi connectivity index (χ1n) is 8.33. The summed E-state index contributed by atoms with van der Waals surface area (Å²) in [5, 5.41) is 7.66. The molecule has 24 heavy (non-hydrogen) atoms. The summed E-state index contributed by atoms with van der Waals surface area (Å²) in [6.45, 7) is 4.63. The summed E-state index contributed by atoms with van der Waals surface area (Å²) in [5.41, 5.74) is 2.71. The maximum Gasteiger partial charge on any atom is 0.226 e. The van der Waals surface area contributed by atoms with E-state index in [4.69, 9.17) is 4.74 Å². The van der Waals surface area contributed by atoms with Gasteiger partial charge in [-0.25, -0.2) is 4.68 Å². The average Bonchev–Trinajstić information content (AvgIpc) is 3.01. The molecule has 6 heteroatoms. The standard InChI is InChI=1S/C18H20N4O2/c1-3-24-15-7-5-4-6-12(15)17-16-13(8-11(2)9-14(16)23)21-18-19-10-20-22(17)18/h4-7,10-11,17H,3,8-9H2,1-2H3,(H,19,20,21)/t11-,17+/m0/s1. The zero-order valence-corrected chi connectivity index (χ0v) is 13.8. The molecule has 2 heterocycles. The summed E-state index contributed by atoms with van der Waals surface area (Å²) in [4.78, 5) is 17.1. The molecule has 1 N–H and O–H groups in total. The second kappa shape index (κ2) is 5.78. The van der Waals surface area contributed by atoms with E-state index < -0.39 is 0 Å². The number of nitrogens with one attached hydrogen (secondary N) is 1. The Balaban J connectivity index is 1.91. The highest BCUT2D eigenvalue weighted by atomic mass is 16.5. The van der Waals surface area contributed by atoms with Crippen LogP contribution < -0.4 is 10.1 Å². The molecule has 0 radical (unpaired) electrons. The largest absolute Gasteiger partial charge is 0.494 e. The molecule has 4 rings (SSSR count). The Kier molecular flexibility index (Phi) is 3.59. The first-order chi connectivity index (χ1) is 11.7. The molecule has 1 aliphatic carbocycles. The summed E-state index contributed by atoms with van der Waals surface area (Å²) in [5.74, 6) is 1.97. The molecule has 0 unspecified atom stereocenters. The number of ether oxygens (including phenoxy) is 1. The van der Waals surface area contributed by atoms with Gasteiger partial charge in [0.15, 0.2) is 5.78 Å². The third kappa shape index (κ3) is 2.29. The van der Waals surface area contributed by atoms with E-state index in [9.17, 15) is 4.79 Å². The van der Waals surface area contributed by atoms with Crippen molar-refractivity contribution in [3.8, 4) is 5.75 Å². The molecule has 0 fully saturated rings. The topological polar surface area (TPSA) is 69.0 Å². The van der Waals surface area contributed by atoms with Gasteiger partial charge in [-0.1, -0.05) is 25.1 Å². The van der Waals surface area contributed by atoms with Crippen molar-refractivity contribution in [1.29, 1.82) is 0 Å². The van der Waals surface area contributed by atoms with Crippen molar-refractivity contribution in [3.63, 3.8) is 0 Å². The van der Waals surface area contributed by atoms with E-state index in [0.717, 1.165) is 29.0 Å². The second-order valence-electron chi connectivity index (χ2n) is 6.36. The van der Waals surface area contributed by atoms with Crippen LogP contribution >= 0.6 is 0 Å². The van der Waals surface area contributed by atoms with Crippen LogP contribution in [0.3, 0.4) is 0 Å². The predicted molar refractivity (Wildman–Crippen MR) is 89.8 cm³/mol. The van der Waals surface area contributed by atoms with Crippen LogP contribution in [0.4, 0.5) is 5.95 Å². The fourth-order valence-corrected chi connectivity index (χ4v) is 3.63. The maximum absolute atomic E-state index is 12.8. The Morgan fingerprint density at radius 2 is 2.17 bits per heavy atom. The minimum Gasteiger partial charge on any atom is -0.494 e. The van der Waals surface area contributed by atoms with Crippen LogP contribution in [0, 0.1) is 5.92 Å². The van der Waals surface area contributed by atoms with Crippen LogP contribution in [0.5, 0.6) is 5.75 Å². The van der Waals surface area contributed by atoms with Crippen molar-refractivity contribution in [1.82, 2.24) is 14.8 Å². The fourth-order valence-electron chi connectivity index (χ4n) is 3.63. The Morgan fingerprint density at radius 3 is 3.00 bits per heavy atom. The quantitative estimate of drug-likeness (QED) is 0.940. The lowest BCUT2D eigenvalue weighted by Crippen LogP contribution is -2.33. The Bertz CT molecular complexity index is 824. The molecule has 6 nitrogen and oxygen atoms in total. The third-order valence-corrected chi connectivity index (χ3v) is 4.58. The third-order valence-electron chi connectivity index (χ3n) is 4.58. The van der Waals surface area contributed by atoms with Crippen LogP contribution in [0.2, 0.25) is 0 Å². The number of benzene rings is 1. The Labute approximate surface area is 140 Å². The normalized spacial score (nSPS) is 22.7. The smallest absolute Gasteiger partial charge is 0.226 e. The highest BCUT2D eigenvalue weighted by Gasteiger charge is 2.38. The lowest BCUT2D eigenvalue weighted by molar-refractivity contribution is -0.117. The number of allylic oxidation sites excluding steroid dienone is 2. The van der Waals surface area contributed by atoms with Crippen LogP contribution in [-0.4, -0.2) is 27.2 Å². The van der Waals surface area contributed by atoms with Gasteiger partial charge in [-0.3, -0.25) is 4.79 Å². The number of hydrogen-bond donors (Lipinski definition) is 1. The van der Waals surface area contributed by atoms with Crippen LogP contribution in [0.1, 0.15) is 38.3 Å². The molecule has 2 aliphatic rings. The number of ketones is 1. The van der Waals surface area contributed by atoms with E-state index in [1.807, 2.05) is 31.2 Å². The first kappa shape index (κ1) is 14.9. The summed E-state index contributed by atoms with van der Waals surface area (Å²) in [6, 6.07) is 7.56. The molecular weight excluding hydrogens is 304 g/mol. The van der Waals surface area contributed by atoms with Gasteiger partial charge in [0.2, 0.25) is 5.95 Å². The SMILES string of the molecule is CCOc1ccccc1[C@@H]1C2=C(C[C@H](C)CC2=O)Nc2ncnn21. The number of nitrogens with zero attached hydrogens (tertiary/aromatic N) is 3. The lowest BCUT2D eigenvalue weighted by Gasteiger charge is -2.34. The number of para-hydroxylation sites is 1. The number of Topliss-reactive ketones (excluding diaryl/α,β-unsaturated/α-hetero) is 1. The van der Waals surface area contributed by atoms with E-state index in [2.05, 4.69) is 22.3 Å². The van der Waals surface area contributed by atoms with Gasteiger partial charge in [0.05, 0.1) is 6.61 Å². The number of rotatable bonds is 3. The van der Waals surface area contributed by atoms with Crippen molar-refractivity contribution >= 4 is 11.7 Å². The Morgan fingerprint density at radius 1 is 1.33 bits per heavy atom. The molecule has 124 valence electrons. The summed E-state index contributed by atoms with van der Waals surface area (Å²) in [7, 11) is 0. The van der Waals surface area contributed by atoms with E-state index in [-0.39, 0.29) is 11.8 Å². The van der Waals surface area contributed by atoms with Crippen LogP contribution in [-0.2, 0) is 4.79 Å². The van der Waals surface area contributed by atoms with E-state index in [1.165, 1.54) is 6.33 Å². The van der Waals surface area contributed by atoms with E-state index >= 15 is 0 Å². The van der Waals surface area contributed by atoms with Gasteiger partial charge in [0, 0.05) is 23.3 Å². The van der Waals surface area contributed by atoms with Gasteiger partial charge < -0.3 is 10.1 Å². The monoisotopic (exact) mass is 324 g/mol. The molecule has 2 aromatic rings. The van der Waals surface area contributed by atoms with Crippen molar-refractivity contribution in [2.24, 2.45) is 5.92 Å². The fraction of sp³-hybridized carbons (Fsp3) is 0.389. The van der Waals surface area contributed by atoms with Crippen molar-refractivity contribution < 1.29 is 9.53 Å². The van der Waals surface area contributed by atoms with Gasteiger partial charge in [-0.05, 0) is 25.3 Å². The van der Waals surface area contributed by atoms with Gasteiger partial charge >= 0.3 is 0 Å². The minimum atomic E-state index is -0.290. The Hall–Kier alpha value is -2.63. The molecule has 0 saturated heterocycles. The van der Waals surface area contributed by atoms with E-state index in [0.29, 0.717) is 24.9 Å². The first-order valence-corrected chi connectivity index (χ1v) is 8.33. The molecule has 2 atom stereocenters. The molecule has 0 saturated carbocycles. The number of anilines is 1. The van der Waals surface area contributed by atoms with Gasteiger partial charge in [0.25, 0.3) is 0 Å². The van der Waals surface area contributed by atoms with Gasteiger partial charge in [0.1, 0.15) is 18.1 Å². The number of hydrogen-bond acceptors (Lipinski definition) is 5. The summed E-state index contributed by atoms with van der Waals surface area (Å²) in [6.07, 6.45) is 2.93. The zero-order valence-electron chi connectivity index (χ0n) is 13.8. The molecule has 0 amide bonds. The highest BCUT2D eigenvalue weighted by molar-refractivity contribution is 5.99. The van der Waals surface area contributed by atoms with Crippen molar-refractivity contribution in [3.05, 3.63) is 47.4 Å². The molecule has 1 aliphatic heterocycles. The molecular formula is C18H20N4O2. The average molecular weight is 324 g/mol. The lowest BCUT2D eigenvalue weighted by atomic mass is 9.81. The van der Waals surface area contributed by atoms with Crippen molar-refractivity contribution in [2.45, 2.75) is 32.7 Å². The molecule has 1 aromatic heterocycles. The van der Waals surface area contributed by atoms with Crippen LogP contribution in [0.25, 0.3) is 0 Å². The van der Waals surface area contributed by atoms with Crippen molar-refractivity contribution in [2.75, 3.05) is 11.9 Å². The number of fused-ring (bicyclic) bond motifs is 1.